The predicted molar refractivity (Wildman–Crippen MR) is 137 cm³/mol. The number of hydrogen-bond acceptors (Lipinski definition) is 6. The first-order valence-corrected chi connectivity index (χ1v) is 14.5. The average molecular weight is 508 g/mol. The van der Waals surface area contributed by atoms with Crippen LogP contribution in [0.25, 0.3) is 0 Å². The third-order valence-electron chi connectivity index (χ3n) is 7.62. The number of benzene rings is 1. The lowest BCUT2D eigenvalue weighted by Crippen LogP contribution is -2.59. The number of nitrogens with zero attached hydrogens (tertiary/aromatic N) is 2. The number of nitrogens with one attached hydrogen (secondary N) is 1. The van der Waals surface area contributed by atoms with Crippen molar-refractivity contribution in [3.05, 3.63) is 18.2 Å². The Morgan fingerprint density at radius 2 is 1.74 bits per heavy atom. The maximum absolute atomic E-state index is 13.2. The molecule has 1 aromatic rings. The van der Waals surface area contributed by atoms with Crippen LogP contribution in [0.15, 0.2) is 18.2 Å². The van der Waals surface area contributed by atoms with Crippen molar-refractivity contribution in [3.63, 3.8) is 0 Å². The summed E-state index contributed by atoms with van der Waals surface area (Å²) in [6.07, 6.45) is 4.56. The van der Waals surface area contributed by atoms with E-state index >= 15 is 0 Å². The van der Waals surface area contributed by atoms with E-state index in [0.717, 1.165) is 45.2 Å². The Labute approximate surface area is 210 Å². The molecule has 0 aromatic heterocycles. The van der Waals surface area contributed by atoms with E-state index in [2.05, 4.69) is 24.1 Å². The van der Waals surface area contributed by atoms with Crippen molar-refractivity contribution in [2.45, 2.75) is 65.3 Å². The minimum atomic E-state index is -3.31. The topological polar surface area (TPSA) is 88.2 Å². The molecule has 0 bridgehead atoms. The van der Waals surface area contributed by atoms with Gasteiger partial charge in [0.05, 0.1) is 25.5 Å². The maximum Gasteiger partial charge on any atom is 0.238 e. The highest BCUT2D eigenvalue weighted by molar-refractivity contribution is 7.89. The van der Waals surface area contributed by atoms with E-state index in [4.69, 9.17) is 9.47 Å². The molecule has 4 rings (SSSR count). The zero-order valence-corrected chi connectivity index (χ0v) is 22.5. The molecule has 0 radical (unpaired) electrons. The molecule has 0 saturated carbocycles. The van der Waals surface area contributed by atoms with Crippen molar-refractivity contribution in [3.8, 4) is 11.5 Å². The number of sulfonamides is 1. The molecule has 1 spiro atoms. The van der Waals surface area contributed by atoms with Gasteiger partial charge in [-0.3, -0.25) is 9.69 Å². The summed E-state index contributed by atoms with van der Waals surface area (Å²) in [4.78, 5) is 14.9. The fourth-order valence-corrected chi connectivity index (χ4v) is 7.86. The van der Waals surface area contributed by atoms with Crippen LogP contribution >= 0.6 is 0 Å². The molecule has 3 aliphatic heterocycles. The fourth-order valence-electron chi connectivity index (χ4n) is 5.52. The van der Waals surface area contributed by atoms with Gasteiger partial charge >= 0.3 is 0 Å². The molecular formula is C26H41N3O5S. The molecule has 8 nitrogen and oxygen atoms in total. The monoisotopic (exact) mass is 507 g/mol. The number of carbonyl (C=O) groups is 1. The van der Waals surface area contributed by atoms with Gasteiger partial charge in [-0.05, 0) is 76.1 Å². The van der Waals surface area contributed by atoms with Gasteiger partial charge in [0.25, 0.3) is 0 Å². The van der Waals surface area contributed by atoms with Gasteiger partial charge in [-0.15, -0.1) is 0 Å². The maximum atomic E-state index is 13.2. The summed E-state index contributed by atoms with van der Waals surface area (Å²) in [5.74, 6) is 1.62. The predicted octanol–water partition coefficient (Wildman–Crippen LogP) is 3.73. The molecule has 1 aromatic carbocycles. The molecular weight excluding hydrogens is 466 g/mol. The van der Waals surface area contributed by atoms with E-state index in [1.807, 2.05) is 32.0 Å². The molecule has 2 saturated heterocycles. The van der Waals surface area contributed by atoms with Crippen LogP contribution in [-0.4, -0.2) is 74.2 Å². The smallest absolute Gasteiger partial charge is 0.238 e. The number of fused-ring (bicyclic) bond motifs is 1. The van der Waals surface area contributed by atoms with Crippen molar-refractivity contribution >= 4 is 21.6 Å². The first-order chi connectivity index (χ1) is 16.5. The second kappa shape index (κ2) is 10.3. The van der Waals surface area contributed by atoms with E-state index in [0.29, 0.717) is 43.5 Å². The van der Waals surface area contributed by atoms with Gasteiger partial charge in [0.2, 0.25) is 15.9 Å². The van der Waals surface area contributed by atoms with Crippen molar-refractivity contribution in [2.75, 3.05) is 50.5 Å². The summed E-state index contributed by atoms with van der Waals surface area (Å²) < 4.78 is 39.5. The summed E-state index contributed by atoms with van der Waals surface area (Å²) >= 11 is 0. The highest BCUT2D eigenvalue weighted by Gasteiger charge is 2.48. The normalized spacial score (nSPS) is 22.7. The number of likely N-dealkylation sites (tertiary alicyclic amines) is 1. The van der Waals surface area contributed by atoms with Crippen molar-refractivity contribution < 1.29 is 22.7 Å². The summed E-state index contributed by atoms with van der Waals surface area (Å²) in [5, 5.41) is 2.98. The van der Waals surface area contributed by atoms with E-state index in [1.165, 1.54) is 0 Å². The van der Waals surface area contributed by atoms with Crippen LogP contribution in [0.3, 0.4) is 0 Å². The molecule has 0 unspecified atom stereocenters. The van der Waals surface area contributed by atoms with Crippen molar-refractivity contribution in [2.24, 2.45) is 11.3 Å². The van der Waals surface area contributed by atoms with Gasteiger partial charge in [0.1, 0.15) is 0 Å². The minimum Gasteiger partial charge on any atom is -0.490 e. The average Bonchev–Trinajstić information content (AvgIpc) is 3.01. The Bertz CT molecular complexity index is 1020. The van der Waals surface area contributed by atoms with Gasteiger partial charge in [0, 0.05) is 30.3 Å². The number of piperidine rings is 2. The molecule has 2 fully saturated rings. The number of anilines is 1. The third kappa shape index (κ3) is 6.30. The molecule has 3 aliphatic rings. The third-order valence-corrected chi connectivity index (χ3v) is 10.00. The summed E-state index contributed by atoms with van der Waals surface area (Å²) in [5.41, 5.74) is 0.354. The number of rotatable bonds is 6. The largest absolute Gasteiger partial charge is 0.490 e. The molecule has 35 heavy (non-hydrogen) atoms. The molecule has 1 N–H and O–H groups in total. The van der Waals surface area contributed by atoms with E-state index in [-0.39, 0.29) is 28.5 Å². The summed E-state index contributed by atoms with van der Waals surface area (Å²) in [6, 6.07) is 5.50. The Kier molecular flexibility index (Phi) is 7.69. The van der Waals surface area contributed by atoms with Gasteiger partial charge in [-0.1, -0.05) is 13.8 Å². The number of ether oxygens (including phenoxy) is 2. The van der Waals surface area contributed by atoms with E-state index < -0.39 is 10.0 Å². The standard InChI is InChI=1S/C26H41N3O5S/c1-20(2)18-35(31,32)29-19-26(9-8-25(29,3)4)10-12-28(13-11-26)17-24(30)27-21-6-7-22-23(16-21)34-15-5-14-33-22/h6-7,16,20H,5,8-15,17-19H2,1-4H3,(H,27,30). The van der Waals surface area contributed by atoms with Crippen LogP contribution < -0.4 is 14.8 Å². The SMILES string of the molecule is CC(C)CS(=O)(=O)N1CC2(CCN(CC(=O)Nc3ccc4c(c3)OCCCO4)CC2)CCC1(C)C. The number of carbonyl (C=O) groups excluding carboxylic acids is 1. The van der Waals surface area contributed by atoms with Gasteiger partial charge < -0.3 is 14.8 Å². The van der Waals surface area contributed by atoms with E-state index in [1.54, 1.807) is 4.31 Å². The van der Waals surface area contributed by atoms with Crippen LogP contribution in [0.2, 0.25) is 0 Å². The minimum absolute atomic E-state index is 0.000880. The Morgan fingerprint density at radius 3 is 2.43 bits per heavy atom. The first-order valence-electron chi connectivity index (χ1n) is 12.9. The Morgan fingerprint density at radius 1 is 1.06 bits per heavy atom. The lowest BCUT2D eigenvalue weighted by Gasteiger charge is -2.53. The van der Waals surface area contributed by atoms with Gasteiger partial charge in [-0.2, -0.15) is 4.31 Å². The van der Waals surface area contributed by atoms with Crippen LogP contribution in [0.5, 0.6) is 11.5 Å². The number of hydrogen-bond donors (Lipinski definition) is 1. The van der Waals surface area contributed by atoms with Crippen LogP contribution in [0.4, 0.5) is 5.69 Å². The molecule has 0 atom stereocenters. The molecule has 1 amide bonds. The van der Waals surface area contributed by atoms with Gasteiger partial charge in [0.15, 0.2) is 11.5 Å². The Hall–Kier alpha value is -1.84. The highest BCUT2D eigenvalue weighted by atomic mass is 32.2. The van der Waals surface area contributed by atoms with Crippen LogP contribution in [-0.2, 0) is 14.8 Å². The summed E-state index contributed by atoms with van der Waals surface area (Å²) in [6.45, 7) is 11.8. The summed E-state index contributed by atoms with van der Waals surface area (Å²) in [7, 11) is -3.31. The molecule has 0 aliphatic carbocycles. The molecule has 9 heteroatoms. The van der Waals surface area contributed by atoms with Gasteiger partial charge in [-0.25, -0.2) is 8.42 Å². The van der Waals surface area contributed by atoms with Crippen molar-refractivity contribution in [1.29, 1.82) is 0 Å². The highest BCUT2D eigenvalue weighted by Crippen LogP contribution is 2.46. The lowest BCUT2D eigenvalue weighted by molar-refractivity contribution is -0.118. The number of amides is 1. The zero-order chi connectivity index (χ0) is 25.3. The van der Waals surface area contributed by atoms with E-state index in [9.17, 15) is 13.2 Å². The Balaban J connectivity index is 1.33. The quantitative estimate of drug-likeness (QED) is 0.631. The van der Waals surface area contributed by atoms with Crippen molar-refractivity contribution in [1.82, 2.24) is 9.21 Å². The van der Waals surface area contributed by atoms with Crippen LogP contribution in [0.1, 0.15) is 59.8 Å². The second-order valence-corrected chi connectivity index (χ2v) is 13.5. The van der Waals surface area contributed by atoms with Crippen LogP contribution in [0, 0.1) is 11.3 Å². The molecule has 196 valence electrons. The first kappa shape index (κ1) is 26.2. The fraction of sp³-hybridized carbons (Fsp3) is 0.731. The zero-order valence-electron chi connectivity index (χ0n) is 21.6. The molecule has 3 heterocycles. The second-order valence-electron chi connectivity index (χ2n) is 11.5. The lowest BCUT2D eigenvalue weighted by atomic mass is 9.69.